The predicted octanol–water partition coefficient (Wildman–Crippen LogP) is 0.443. The van der Waals surface area contributed by atoms with Gasteiger partial charge >= 0.3 is 5.97 Å². The van der Waals surface area contributed by atoms with Crippen LogP contribution in [0.1, 0.15) is 23.7 Å². The van der Waals surface area contributed by atoms with Crippen LogP contribution in [0, 0.1) is 0 Å². The summed E-state index contributed by atoms with van der Waals surface area (Å²) in [6.45, 7) is 1.37. The van der Waals surface area contributed by atoms with Crippen molar-refractivity contribution in [2.45, 2.75) is 24.3 Å². The van der Waals surface area contributed by atoms with Crippen LogP contribution in [-0.4, -0.2) is 44.4 Å². The second kappa shape index (κ2) is 6.69. The molecule has 0 aromatic heterocycles. The molecule has 0 saturated heterocycles. The number of carboxylic acid groups (broad SMARTS) is 1. The first kappa shape index (κ1) is 16.4. The van der Waals surface area contributed by atoms with Gasteiger partial charge in [-0.2, -0.15) is 0 Å². The molecule has 1 aromatic carbocycles. The lowest BCUT2D eigenvalue weighted by molar-refractivity contribution is 0.0696. The lowest BCUT2D eigenvalue weighted by Gasteiger charge is -2.16. The SMILES string of the molecule is CCC(CO)NS(=O)(=O)c1cc(C(=O)O)ccc1OC. The van der Waals surface area contributed by atoms with E-state index in [2.05, 4.69) is 4.72 Å². The molecule has 0 amide bonds. The van der Waals surface area contributed by atoms with Crippen LogP contribution in [0.2, 0.25) is 0 Å². The third-order valence-electron chi connectivity index (χ3n) is 2.74. The van der Waals surface area contributed by atoms with Gasteiger partial charge in [0.05, 0.1) is 19.3 Å². The highest BCUT2D eigenvalue weighted by molar-refractivity contribution is 7.89. The van der Waals surface area contributed by atoms with E-state index >= 15 is 0 Å². The van der Waals surface area contributed by atoms with E-state index in [4.69, 9.17) is 14.9 Å². The second-order valence-corrected chi connectivity index (χ2v) is 5.76. The molecule has 0 radical (unpaired) electrons. The number of benzene rings is 1. The lowest BCUT2D eigenvalue weighted by Crippen LogP contribution is -2.37. The van der Waals surface area contributed by atoms with E-state index in [1.54, 1.807) is 6.92 Å². The highest BCUT2D eigenvalue weighted by atomic mass is 32.2. The van der Waals surface area contributed by atoms with E-state index in [0.29, 0.717) is 6.42 Å². The number of aliphatic hydroxyl groups excluding tert-OH is 1. The monoisotopic (exact) mass is 303 g/mol. The second-order valence-electron chi connectivity index (χ2n) is 4.08. The third-order valence-corrected chi connectivity index (χ3v) is 4.28. The molecule has 0 aliphatic heterocycles. The zero-order valence-corrected chi connectivity index (χ0v) is 12.0. The number of aliphatic hydroxyl groups is 1. The number of rotatable bonds is 7. The normalized spacial score (nSPS) is 12.9. The van der Waals surface area contributed by atoms with Crippen LogP contribution in [0.4, 0.5) is 0 Å². The van der Waals surface area contributed by atoms with Crippen molar-refractivity contribution >= 4 is 16.0 Å². The summed E-state index contributed by atoms with van der Waals surface area (Å²) in [6, 6.07) is 2.91. The molecule has 3 N–H and O–H groups in total. The van der Waals surface area contributed by atoms with Crippen molar-refractivity contribution in [3.8, 4) is 5.75 Å². The van der Waals surface area contributed by atoms with Crippen LogP contribution in [0.5, 0.6) is 5.75 Å². The molecule has 1 unspecified atom stereocenters. The fourth-order valence-electron chi connectivity index (χ4n) is 1.55. The molecule has 20 heavy (non-hydrogen) atoms. The summed E-state index contributed by atoms with van der Waals surface area (Å²) in [5, 5.41) is 18.0. The summed E-state index contributed by atoms with van der Waals surface area (Å²) in [6.07, 6.45) is 0.399. The van der Waals surface area contributed by atoms with E-state index < -0.39 is 22.0 Å². The fraction of sp³-hybridized carbons (Fsp3) is 0.417. The Kier molecular flexibility index (Phi) is 5.49. The van der Waals surface area contributed by atoms with Crippen LogP contribution < -0.4 is 9.46 Å². The summed E-state index contributed by atoms with van der Waals surface area (Å²) in [5.41, 5.74) is -0.164. The summed E-state index contributed by atoms with van der Waals surface area (Å²) in [4.78, 5) is 10.6. The van der Waals surface area contributed by atoms with E-state index in [1.165, 1.54) is 19.2 Å². The van der Waals surface area contributed by atoms with E-state index in [9.17, 15) is 13.2 Å². The van der Waals surface area contributed by atoms with Crippen molar-refractivity contribution in [3.63, 3.8) is 0 Å². The van der Waals surface area contributed by atoms with Crippen LogP contribution in [0.3, 0.4) is 0 Å². The predicted molar refractivity (Wildman–Crippen MR) is 71.4 cm³/mol. The Hall–Kier alpha value is -1.64. The molecule has 0 aliphatic rings. The third kappa shape index (κ3) is 3.69. The first-order valence-corrected chi connectivity index (χ1v) is 7.38. The summed E-state index contributed by atoms with van der Waals surface area (Å²) in [7, 11) is -2.69. The van der Waals surface area contributed by atoms with Gasteiger partial charge in [0.25, 0.3) is 0 Å². The van der Waals surface area contributed by atoms with E-state index in [0.717, 1.165) is 6.07 Å². The van der Waals surface area contributed by atoms with Gasteiger partial charge in [-0.05, 0) is 24.6 Å². The molecule has 1 atom stereocenters. The molecule has 0 heterocycles. The molecule has 0 aliphatic carbocycles. The van der Waals surface area contributed by atoms with Gasteiger partial charge in [0.1, 0.15) is 10.6 Å². The van der Waals surface area contributed by atoms with Crippen LogP contribution in [0.15, 0.2) is 23.1 Å². The minimum Gasteiger partial charge on any atom is -0.495 e. The Morgan fingerprint density at radius 1 is 1.45 bits per heavy atom. The molecule has 8 heteroatoms. The fourth-order valence-corrected chi connectivity index (χ4v) is 3.06. The van der Waals surface area contributed by atoms with Crippen molar-refractivity contribution in [1.29, 1.82) is 0 Å². The molecular weight excluding hydrogens is 286 g/mol. The molecule has 112 valence electrons. The quantitative estimate of drug-likeness (QED) is 0.674. The summed E-state index contributed by atoms with van der Waals surface area (Å²) < 4.78 is 31.7. The Bertz CT molecular complexity index is 580. The number of hydrogen-bond acceptors (Lipinski definition) is 5. The average Bonchev–Trinajstić information content (AvgIpc) is 2.43. The van der Waals surface area contributed by atoms with E-state index in [1.807, 2.05) is 0 Å². The maximum atomic E-state index is 12.2. The van der Waals surface area contributed by atoms with Crippen molar-refractivity contribution in [2.24, 2.45) is 0 Å². The average molecular weight is 303 g/mol. The zero-order valence-electron chi connectivity index (χ0n) is 11.2. The minimum absolute atomic E-state index is 0.0373. The van der Waals surface area contributed by atoms with Crippen LogP contribution in [-0.2, 0) is 10.0 Å². The number of ether oxygens (including phenoxy) is 1. The smallest absolute Gasteiger partial charge is 0.335 e. The Morgan fingerprint density at radius 3 is 2.55 bits per heavy atom. The maximum absolute atomic E-state index is 12.2. The van der Waals surface area contributed by atoms with Crippen molar-refractivity contribution in [3.05, 3.63) is 23.8 Å². The van der Waals surface area contributed by atoms with Crippen molar-refractivity contribution in [1.82, 2.24) is 4.72 Å². The van der Waals surface area contributed by atoms with Gasteiger partial charge in [0.2, 0.25) is 10.0 Å². The number of nitrogens with one attached hydrogen (secondary N) is 1. The van der Waals surface area contributed by atoms with Crippen molar-refractivity contribution in [2.75, 3.05) is 13.7 Å². The first-order chi connectivity index (χ1) is 9.35. The van der Waals surface area contributed by atoms with Gasteiger partial charge in [0.15, 0.2) is 0 Å². The van der Waals surface area contributed by atoms with Crippen molar-refractivity contribution < 1.29 is 28.2 Å². The molecule has 0 fully saturated rings. The van der Waals surface area contributed by atoms with Gasteiger partial charge < -0.3 is 14.9 Å². The van der Waals surface area contributed by atoms with Gasteiger partial charge in [-0.25, -0.2) is 17.9 Å². The van der Waals surface area contributed by atoms with Gasteiger partial charge in [-0.15, -0.1) is 0 Å². The number of carbonyl (C=O) groups is 1. The number of hydrogen-bond donors (Lipinski definition) is 3. The van der Waals surface area contributed by atoms with Gasteiger partial charge in [-0.1, -0.05) is 6.92 Å². The zero-order chi connectivity index (χ0) is 15.3. The number of methoxy groups -OCH3 is 1. The number of carboxylic acids is 1. The Morgan fingerprint density at radius 2 is 2.10 bits per heavy atom. The standard InChI is InChI=1S/C12H17NO6S/c1-3-9(7-14)13-20(17,18)11-6-8(12(15)16)4-5-10(11)19-2/h4-6,9,13-14H,3,7H2,1-2H3,(H,15,16). The lowest BCUT2D eigenvalue weighted by atomic mass is 10.2. The number of aromatic carboxylic acids is 1. The Labute approximate surface area is 117 Å². The van der Waals surface area contributed by atoms with Crippen LogP contribution in [0.25, 0.3) is 0 Å². The minimum atomic E-state index is -3.98. The van der Waals surface area contributed by atoms with Crippen LogP contribution >= 0.6 is 0 Å². The summed E-state index contributed by atoms with van der Waals surface area (Å²) >= 11 is 0. The van der Waals surface area contributed by atoms with Gasteiger partial charge in [-0.3, -0.25) is 0 Å². The molecule has 0 spiro atoms. The highest BCUT2D eigenvalue weighted by Gasteiger charge is 2.24. The molecule has 1 rings (SSSR count). The summed E-state index contributed by atoms with van der Waals surface area (Å²) in [5.74, 6) is -1.20. The topological polar surface area (TPSA) is 113 Å². The van der Waals surface area contributed by atoms with E-state index in [-0.39, 0.29) is 22.8 Å². The molecule has 0 bridgehead atoms. The Balaban J connectivity index is 3.28. The largest absolute Gasteiger partial charge is 0.495 e. The molecule has 1 aromatic rings. The highest BCUT2D eigenvalue weighted by Crippen LogP contribution is 2.25. The maximum Gasteiger partial charge on any atom is 0.335 e. The molecular formula is C12H17NO6S. The molecule has 0 saturated carbocycles. The van der Waals surface area contributed by atoms with Gasteiger partial charge in [0, 0.05) is 6.04 Å². The molecule has 7 nitrogen and oxygen atoms in total. The number of sulfonamides is 1. The first-order valence-electron chi connectivity index (χ1n) is 5.90.